The van der Waals surface area contributed by atoms with Crippen LogP contribution in [0.2, 0.25) is 0 Å². The van der Waals surface area contributed by atoms with Gasteiger partial charge in [-0.25, -0.2) is 4.39 Å². The molecule has 0 radical (unpaired) electrons. The fourth-order valence-electron chi connectivity index (χ4n) is 2.95. The van der Waals surface area contributed by atoms with Crippen molar-refractivity contribution in [2.24, 2.45) is 7.05 Å². The molecule has 1 aromatic carbocycles. The molecule has 0 saturated carbocycles. The minimum absolute atomic E-state index is 0.0537. The molecule has 116 valence electrons. The summed E-state index contributed by atoms with van der Waals surface area (Å²) in [5.41, 5.74) is 1.76. The van der Waals surface area contributed by atoms with Gasteiger partial charge in [-0.05, 0) is 37.1 Å². The fourth-order valence-corrected chi connectivity index (χ4v) is 2.95. The minimum Gasteiger partial charge on any atom is -0.322 e. The van der Waals surface area contributed by atoms with E-state index in [0.717, 1.165) is 24.9 Å². The average molecular weight is 302 g/mol. The molecule has 0 spiro atoms. The third kappa shape index (κ3) is 3.33. The van der Waals surface area contributed by atoms with Gasteiger partial charge in [0.25, 0.3) is 0 Å². The van der Waals surface area contributed by atoms with E-state index in [-0.39, 0.29) is 17.8 Å². The zero-order chi connectivity index (χ0) is 15.5. The summed E-state index contributed by atoms with van der Waals surface area (Å²) >= 11 is 0. The molecule has 1 fully saturated rings. The lowest BCUT2D eigenvalue weighted by atomic mass is 10.0. The first-order chi connectivity index (χ1) is 10.6. The van der Waals surface area contributed by atoms with Crippen LogP contribution in [0.15, 0.2) is 36.7 Å². The Morgan fingerprint density at radius 2 is 2.18 bits per heavy atom. The second-order valence-electron chi connectivity index (χ2n) is 5.63. The van der Waals surface area contributed by atoms with Crippen molar-refractivity contribution in [3.05, 3.63) is 48.0 Å². The van der Waals surface area contributed by atoms with Gasteiger partial charge < -0.3 is 5.32 Å². The van der Waals surface area contributed by atoms with Crippen molar-refractivity contribution in [1.29, 1.82) is 0 Å². The van der Waals surface area contributed by atoms with Crippen molar-refractivity contribution in [2.45, 2.75) is 18.9 Å². The van der Waals surface area contributed by atoms with E-state index in [1.807, 2.05) is 0 Å². The summed E-state index contributed by atoms with van der Waals surface area (Å²) in [5.74, 6) is -0.287. The molecule has 1 aromatic heterocycles. The Kier molecular flexibility index (Phi) is 4.20. The van der Waals surface area contributed by atoms with Gasteiger partial charge >= 0.3 is 0 Å². The zero-order valence-corrected chi connectivity index (χ0v) is 12.5. The number of hydrogen-bond donors (Lipinski definition) is 1. The van der Waals surface area contributed by atoms with Crippen LogP contribution in [0.4, 0.5) is 10.1 Å². The molecule has 1 atom stereocenters. The van der Waals surface area contributed by atoms with E-state index in [1.165, 1.54) is 12.1 Å². The highest BCUT2D eigenvalue weighted by atomic mass is 19.1. The first-order valence-electron chi connectivity index (χ1n) is 7.40. The van der Waals surface area contributed by atoms with Gasteiger partial charge in [-0.3, -0.25) is 14.4 Å². The molecule has 1 saturated heterocycles. The summed E-state index contributed by atoms with van der Waals surface area (Å²) in [4.78, 5) is 14.3. The van der Waals surface area contributed by atoms with Crippen molar-refractivity contribution in [2.75, 3.05) is 18.4 Å². The van der Waals surface area contributed by atoms with Crippen molar-refractivity contribution in [1.82, 2.24) is 14.7 Å². The van der Waals surface area contributed by atoms with Crippen LogP contribution in [0.3, 0.4) is 0 Å². The number of amides is 1. The predicted octanol–water partition coefficient (Wildman–Crippen LogP) is 2.33. The molecule has 0 aliphatic carbocycles. The van der Waals surface area contributed by atoms with Crippen LogP contribution in [-0.4, -0.2) is 33.7 Å². The third-order valence-electron chi connectivity index (χ3n) is 3.95. The number of benzene rings is 1. The topological polar surface area (TPSA) is 50.2 Å². The van der Waals surface area contributed by atoms with Crippen LogP contribution in [-0.2, 0) is 11.8 Å². The highest BCUT2D eigenvalue weighted by Crippen LogP contribution is 2.31. The molecule has 2 heterocycles. The van der Waals surface area contributed by atoms with Gasteiger partial charge in [0.15, 0.2) is 0 Å². The molecular formula is C16H19FN4O. The number of carbonyl (C=O) groups is 1. The molecule has 1 N–H and O–H groups in total. The van der Waals surface area contributed by atoms with Gasteiger partial charge in [-0.1, -0.05) is 12.1 Å². The standard InChI is InChI=1S/C16H19FN4O/c1-20-10-14(9-18-20)19-16(22)11-21-8-2-3-15(21)12-4-6-13(17)7-5-12/h4-7,9-10,15H,2-3,8,11H2,1H3,(H,19,22)/t15-/m1/s1. The van der Waals surface area contributed by atoms with Crippen LogP contribution in [0.5, 0.6) is 0 Å². The molecule has 0 unspecified atom stereocenters. The van der Waals surface area contributed by atoms with E-state index >= 15 is 0 Å². The maximum atomic E-state index is 13.0. The molecule has 1 amide bonds. The van der Waals surface area contributed by atoms with E-state index in [1.54, 1.807) is 36.3 Å². The number of likely N-dealkylation sites (tertiary alicyclic amines) is 1. The smallest absolute Gasteiger partial charge is 0.238 e. The number of nitrogens with one attached hydrogen (secondary N) is 1. The monoisotopic (exact) mass is 302 g/mol. The molecule has 5 nitrogen and oxygen atoms in total. The Morgan fingerprint density at radius 3 is 2.86 bits per heavy atom. The Morgan fingerprint density at radius 1 is 1.41 bits per heavy atom. The summed E-state index contributed by atoms with van der Waals surface area (Å²) in [5, 5.41) is 6.87. The van der Waals surface area contributed by atoms with E-state index in [0.29, 0.717) is 12.2 Å². The SMILES string of the molecule is Cn1cc(NC(=O)CN2CCC[C@@H]2c2ccc(F)cc2)cn1. The molecule has 2 aromatic rings. The molecule has 1 aliphatic heterocycles. The number of aryl methyl sites for hydroxylation is 1. The van der Waals surface area contributed by atoms with E-state index in [9.17, 15) is 9.18 Å². The van der Waals surface area contributed by atoms with Crippen LogP contribution >= 0.6 is 0 Å². The molecule has 0 bridgehead atoms. The Hall–Kier alpha value is -2.21. The summed E-state index contributed by atoms with van der Waals surface area (Å²) < 4.78 is 14.7. The lowest BCUT2D eigenvalue weighted by Gasteiger charge is -2.24. The number of aromatic nitrogens is 2. The van der Waals surface area contributed by atoms with E-state index < -0.39 is 0 Å². The maximum Gasteiger partial charge on any atom is 0.238 e. The molecule has 3 rings (SSSR count). The van der Waals surface area contributed by atoms with Gasteiger partial charge in [0.05, 0.1) is 18.4 Å². The number of halogens is 1. The van der Waals surface area contributed by atoms with Crippen molar-refractivity contribution in [3.63, 3.8) is 0 Å². The fraction of sp³-hybridized carbons (Fsp3) is 0.375. The second-order valence-corrected chi connectivity index (χ2v) is 5.63. The summed E-state index contributed by atoms with van der Waals surface area (Å²) in [6.07, 6.45) is 5.42. The van der Waals surface area contributed by atoms with Gasteiger partial charge in [0.2, 0.25) is 5.91 Å². The normalized spacial score (nSPS) is 18.5. The third-order valence-corrected chi connectivity index (χ3v) is 3.95. The average Bonchev–Trinajstić information content (AvgIpc) is 3.09. The number of rotatable bonds is 4. The zero-order valence-electron chi connectivity index (χ0n) is 12.5. The number of carbonyl (C=O) groups excluding carboxylic acids is 1. The number of anilines is 1. The molecular weight excluding hydrogens is 283 g/mol. The van der Waals surface area contributed by atoms with Crippen LogP contribution in [0, 0.1) is 5.82 Å². The van der Waals surface area contributed by atoms with Crippen LogP contribution in [0.25, 0.3) is 0 Å². The molecule has 1 aliphatic rings. The van der Waals surface area contributed by atoms with Gasteiger partial charge in [-0.15, -0.1) is 0 Å². The van der Waals surface area contributed by atoms with Crippen molar-refractivity contribution >= 4 is 11.6 Å². The molecule has 6 heteroatoms. The van der Waals surface area contributed by atoms with Crippen molar-refractivity contribution < 1.29 is 9.18 Å². The quantitative estimate of drug-likeness (QED) is 0.943. The Balaban J connectivity index is 1.63. The highest BCUT2D eigenvalue weighted by molar-refractivity contribution is 5.92. The minimum atomic E-state index is -0.234. The largest absolute Gasteiger partial charge is 0.322 e. The predicted molar refractivity (Wildman–Crippen MR) is 81.8 cm³/mol. The Labute approximate surface area is 128 Å². The Bertz CT molecular complexity index is 652. The number of hydrogen-bond acceptors (Lipinski definition) is 3. The number of nitrogens with zero attached hydrogens (tertiary/aromatic N) is 3. The summed E-state index contributed by atoms with van der Waals surface area (Å²) in [6.45, 7) is 1.21. The van der Waals surface area contributed by atoms with Crippen LogP contribution < -0.4 is 5.32 Å². The van der Waals surface area contributed by atoms with Gasteiger partial charge in [-0.2, -0.15) is 5.10 Å². The van der Waals surface area contributed by atoms with E-state index in [4.69, 9.17) is 0 Å². The summed E-state index contributed by atoms with van der Waals surface area (Å²) in [7, 11) is 1.81. The first kappa shape index (κ1) is 14.7. The summed E-state index contributed by atoms with van der Waals surface area (Å²) in [6, 6.07) is 6.73. The van der Waals surface area contributed by atoms with Crippen LogP contribution in [0.1, 0.15) is 24.4 Å². The van der Waals surface area contributed by atoms with Gasteiger partial charge in [0, 0.05) is 19.3 Å². The van der Waals surface area contributed by atoms with Crippen molar-refractivity contribution in [3.8, 4) is 0 Å². The second kappa shape index (κ2) is 6.27. The maximum absolute atomic E-state index is 13.0. The molecule has 22 heavy (non-hydrogen) atoms. The lowest BCUT2D eigenvalue weighted by molar-refractivity contribution is -0.117. The highest BCUT2D eigenvalue weighted by Gasteiger charge is 2.27. The first-order valence-corrected chi connectivity index (χ1v) is 7.40. The van der Waals surface area contributed by atoms with Gasteiger partial charge in [0.1, 0.15) is 5.82 Å². The van der Waals surface area contributed by atoms with E-state index in [2.05, 4.69) is 15.3 Å². The lowest BCUT2D eigenvalue weighted by Crippen LogP contribution is -2.32.